The quantitative estimate of drug-likeness (QED) is 0.613. The Kier molecular flexibility index (Phi) is 5.66. The van der Waals surface area contributed by atoms with Crippen LogP contribution < -0.4 is 5.32 Å². The van der Waals surface area contributed by atoms with Crippen LogP contribution in [0.1, 0.15) is 13.8 Å². The Morgan fingerprint density at radius 1 is 1.20 bits per heavy atom. The van der Waals surface area contributed by atoms with E-state index in [-0.39, 0.29) is 11.7 Å². The molecule has 1 heterocycles. The van der Waals surface area contributed by atoms with Crippen molar-refractivity contribution in [2.24, 2.45) is 5.92 Å². The molecule has 0 unspecified atom stereocenters. The van der Waals surface area contributed by atoms with Crippen molar-refractivity contribution in [3.63, 3.8) is 0 Å². The van der Waals surface area contributed by atoms with Crippen LogP contribution in [0.25, 0.3) is 11.0 Å². The lowest BCUT2D eigenvalue weighted by molar-refractivity contribution is -0.113. The van der Waals surface area contributed by atoms with Gasteiger partial charge in [0.2, 0.25) is 5.91 Å². The number of fused-ring (bicyclic) bond motifs is 1. The number of hydrogen-bond donors (Lipinski definition) is 1. The minimum Gasteiger partial charge on any atom is -0.324 e. The van der Waals surface area contributed by atoms with Gasteiger partial charge in [-0.1, -0.05) is 61.5 Å². The summed E-state index contributed by atoms with van der Waals surface area (Å²) in [7, 11) is 0. The first kappa shape index (κ1) is 17.8. The van der Waals surface area contributed by atoms with Crippen molar-refractivity contribution in [1.82, 2.24) is 9.55 Å². The number of halogens is 1. The minimum absolute atomic E-state index is 0.0961. The van der Waals surface area contributed by atoms with Crippen LogP contribution in [-0.4, -0.2) is 21.2 Å². The Labute approximate surface area is 156 Å². The molecule has 1 aromatic heterocycles. The molecule has 0 bridgehead atoms. The number of amides is 1. The number of rotatable bonds is 6. The van der Waals surface area contributed by atoms with Crippen molar-refractivity contribution >= 4 is 46.0 Å². The molecule has 0 aliphatic rings. The number of thioether (sulfide) groups is 1. The van der Waals surface area contributed by atoms with Gasteiger partial charge in [0.1, 0.15) is 0 Å². The van der Waals surface area contributed by atoms with Gasteiger partial charge < -0.3 is 9.88 Å². The van der Waals surface area contributed by atoms with Gasteiger partial charge in [-0.05, 0) is 30.2 Å². The molecule has 1 amide bonds. The van der Waals surface area contributed by atoms with Gasteiger partial charge in [0, 0.05) is 6.54 Å². The number of nitrogens with zero attached hydrogens (tertiary/aromatic N) is 2. The average Bonchev–Trinajstić information content (AvgIpc) is 2.92. The van der Waals surface area contributed by atoms with Crippen LogP contribution >= 0.6 is 23.4 Å². The van der Waals surface area contributed by atoms with E-state index in [1.54, 1.807) is 12.1 Å². The van der Waals surface area contributed by atoms with E-state index in [1.807, 2.05) is 30.3 Å². The van der Waals surface area contributed by atoms with Gasteiger partial charge in [-0.2, -0.15) is 0 Å². The topological polar surface area (TPSA) is 46.9 Å². The molecular formula is C19H20ClN3OS. The maximum absolute atomic E-state index is 12.3. The van der Waals surface area contributed by atoms with Gasteiger partial charge in [0.05, 0.1) is 27.5 Å². The summed E-state index contributed by atoms with van der Waals surface area (Å²) < 4.78 is 2.19. The number of carbonyl (C=O) groups is 1. The lowest BCUT2D eigenvalue weighted by Crippen LogP contribution is -2.15. The molecule has 0 saturated heterocycles. The number of hydrogen-bond acceptors (Lipinski definition) is 3. The monoisotopic (exact) mass is 373 g/mol. The molecule has 0 atom stereocenters. The molecule has 25 heavy (non-hydrogen) atoms. The molecule has 6 heteroatoms. The van der Waals surface area contributed by atoms with E-state index < -0.39 is 0 Å². The fraction of sp³-hybridized carbons (Fsp3) is 0.263. The molecule has 2 aromatic carbocycles. The Morgan fingerprint density at radius 3 is 2.68 bits per heavy atom. The summed E-state index contributed by atoms with van der Waals surface area (Å²) in [6.07, 6.45) is 0. The van der Waals surface area contributed by atoms with E-state index in [0.717, 1.165) is 22.7 Å². The average molecular weight is 374 g/mol. The van der Waals surface area contributed by atoms with Crippen LogP contribution in [0.4, 0.5) is 5.69 Å². The molecule has 1 N–H and O–H groups in total. The van der Waals surface area contributed by atoms with Gasteiger partial charge >= 0.3 is 0 Å². The highest BCUT2D eigenvalue weighted by Gasteiger charge is 2.14. The number of nitrogens with one attached hydrogen (secondary N) is 1. The molecule has 0 aliphatic heterocycles. The highest BCUT2D eigenvalue weighted by molar-refractivity contribution is 7.99. The standard InChI is InChI=1S/C19H20ClN3OS/c1-13(2)11-23-17-10-6-5-9-16(17)22-19(23)25-12-18(24)21-15-8-4-3-7-14(15)20/h3-10,13H,11-12H2,1-2H3,(H,21,24). The Bertz CT molecular complexity index is 891. The van der Waals surface area contributed by atoms with Gasteiger partial charge in [-0.15, -0.1) is 0 Å². The second-order valence-electron chi connectivity index (χ2n) is 6.20. The summed E-state index contributed by atoms with van der Waals surface area (Å²) >= 11 is 7.53. The summed E-state index contributed by atoms with van der Waals surface area (Å²) in [4.78, 5) is 16.9. The maximum atomic E-state index is 12.3. The second-order valence-corrected chi connectivity index (χ2v) is 7.55. The van der Waals surface area contributed by atoms with Crippen LogP contribution in [-0.2, 0) is 11.3 Å². The molecule has 130 valence electrons. The molecule has 0 saturated carbocycles. The third-order valence-corrected chi connectivity index (χ3v) is 4.95. The Morgan fingerprint density at radius 2 is 1.92 bits per heavy atom. The fourth-order valence-corrected chi connectivity index (χ4v) is 3.59. The number of anilines is 1. The summed E-state index contributed by atoms with van der Waals surface area (Å²) in [6, 6.07) is 15.3. The zero-order chi connectivity index (χ0) is 17.8. The molecule has 3 rings (SSSR count). The predicted molar refractivity (Wildman–Crippen MR) is 105 cm³/mol. The summed E-state index contributed by atoms with van der Waals surface area (Å²) in [5.41, 5.74) is 2.69. The summed E-state index contributed by atoms with van der Waals surface area (Å²) in [6.45, 7) is 5.22. The lowest BCUT2D eigenvalue weighted by atomic mass is 10.2. The molecule has 4 nitrogen and oxygen atoms in total. The van der Waals surface area contributed by atoms with Gasteiger partial charge in [0.25, 0.3) is 0 Å². The number of imidazole rings is 1. The first-order chi connectivity index (χ1) is 12.0. The van der Waals surface area contributed by atoms with Crippen molar-refractivity contribution in [3.05, 3.63) is 53.6 Å². The van der Waals surface area contributed by atoms with Crippen LogP contribution in [0.2, 0.25) is 5.02 Å². The smallest absolute Gasteiger partial charge is 0.234 e. The largest absolute Gasteiger partial charge is 0.324 e. The van der Waals surface area contributed by atoms with Crippen molar-refractivity contribution in [2.45, 2.75) is 25.5 Å². The highest BCUT2D eigenvalue weighted by atomic mass is 35.5. The van der Waals surface area contributed by atoms with E-state index in [0.29, 0.717) is 16.6 Å². The van der Waals surface area contributed by atoms with E-state index in [4.69, 9.17) is 11.6 Å². The minimum atomic E-state index is -0.0961. The number of para-hydroxylation sites is 3. The zero-order valence-electron chi connectivity index (χ0n) is 14.2. The van der Waals surface area contributed by atoms with E-state index >= 15 is 0 Å². The van der Waals surface area contributed by atoms with E-state index in [9.17, 15) is 4.79 Å². The van der Waals surface area contributed by atoms with Crippen molar-refractivity contribution in [3.8, 4) is 0 Å². The van der Waals surface area contributed by atoms with Crippen LogP contribution in [0.15, 0.2) is 53.7 Å². The molecule has 0 fully saturated rings. The van der Waals surface area contributed by atoms with Crippen molar-refractivity contribution in [1.29, 1.82) is 0 Å². The summed E-state index contributed by atoms with van der Waals surface area (Å²) in [5, 5.41) is 4.25. The zero-order valence-corrected chi connectivity index (χ0v) is 15.8. The highest BCUT2D eigenvalue weighted by Crippen LogP contribution is 2.26. The van der Waals surface area contributed by atoms with Gasteiger partial charge in [-0.25, -0.2) is 4.98 Å². The Balaban J connectivity index is 1.74. The number of aromatic nitrogens is 2. The number of carbonyl (C=O) groups excluding carboxylic acids is 1. The normalized spacial score (nSPS) is 11.2. The number of benzene rings is 2. The van der Waals surface area contributed by atoms with E-state index in [2.05, 4.69) is 34.8 Å². The molecule has 0 aliphatic carbocycles. The molecular weight excluding hydrogens is 354 g/mol. The fourth-order valence-electron chi connectivity index (χ4n) is 2.58. The summed E-state index contributed by atoms with van der Waals surface area (Å²) in [5.74, 6) is 0.683. The SMILES string of the molecule is CC(C)Cn1c(SCC(=O)Nc2ccccc2Cl)nc2ccccc21. The first-order valence-electron chi connectivity index (χ1n) is 8.17. The Hall–Kier alpha value is -1.98. The second kappa shape index (κ2) is 7.93. The van der Waals surface area contributed by atoms with Gasteiger partial charge in [-0.3, -0.25) is 4.79 Å². The van der Waals surface area contributed by atoms with Crippen molar-refractivity contribution in [2.75, 3.05) is 11.1 Å². The lowest BCUT2D eigenvalue weighted by Gasteiger charge is -2.11. The van der Waals surface area contributed by atoms with Crippen LogP contribution in [0.5, 0.6) is 0 Å². The van der Waals surface area contributed by atoms with Crippen LogP contribution in [0.3, 0.4) is 0 Å². The maximum Gasteiger partial charge on any atom is 0.234 e. The third kappa shape index (κ3) is 4.35. The van der Waals surface area contributed by atoms with E-state index in [1.165, 1.54) is 11.8 Å². The van der Waals surface area contributed by atoms with Crippen LogP contribution in [0, 0.1) is 5.92 Å². The molecule has 3 aromatic rings. The third-order valence-electron chi connectivity index (χ3n) is 3.65. The predicted octanol–water partition coefficient (Wildman–Crippen LogP) is 5.08. The molecule has 0 radical (unpaired) electrons. The first-order valence-corrected chi connectivity index (χ1v) is 9.53. The van der Waals surface area contributed by atoms with Crippen molar-refractivity contribution < 1.29 is 4.79 Å². The molecule has 0 spiro atoms. The van der Waals surface area contributed by atoms with Gasteiger partial charge in [0.15, 0.2) is 5.16 Å².